The third-order valence-corrected chi connectivity index (χ3v) is 2.88. The first-order chi connectivity index (χ1) is 5.65. The lowest BCUT2D eigenvalue weighted by Gasteiger charge is -2.01. The first-order valence-corrected chi connectivity index (χ1v) is 5.20. The van der Waals surface area contributed by atoms with E-state index in [1.807, 2.05) is 6.92 Å². The molecular weight excluding hydrogens is 246 g/mol. The second-order valence-corrected chi connectivity index (χ2v) is 4.26. The molecule has 0 heterocycles. The summed E-state index contributed by atoms with van der Waals surface area (Å²) in [7, 11) is 0. The predicted molar refractivity (Wildman–Crippen MR) is 50.5 cm³/mol. The van der Waals surface area contributed by atoms with Crippen LogP contribution in [0.25, 0.3) is 0 Å². The number of hydrogen-bond donors (Lipinski definition) is 0. The van der Waals surface area contributed by atoms with Gasteiger partial charge in [0.15, 0.2) is 0 Å². The van der Waals surface area contributed by atoms with Crippen molar-refractivity contribution in [1.82, 2.24) is 0 Å². The summed E-state index contributed by atoms with van der Waals surface area (Å²) in [5.74, 6) is -0.294. The first-order valence-electron chi connectivity index (χ1n) is 3.42. The molecule has 4 heteroatoms. The molecule has 1 aromatic rings. The van der Waals surface area contributed by atoms with E-state index < -0.39 is 11.6 Å². The molecule has 0 unspecified atom stereocenters. The summed E-state index contributed by atoms with van der Waals surface area (Å²) in [6.45, 7) is 1.93. The van der Waals surface area contributed by atoms with Crippen LogP contribution in [0.1, 0.15) is 6.92 Å². The second kappa shape index (κ2) is 4.23. The van der Waals surface area contributed by atoms with Crippen molar-refractivity contribution in [3.8, 4) is 0 Å². The van der Waals surface area contributed by atoms with E-state index in [-0.39, 0.29) is 4.47 Å². The highest BCUT2D eigenvalue weighted by molar-refractivity contribution is 9.10. The molecule has 0 spiro atoms. The monoisotopic (exact) mass is 252 g/mol. The Morgan fingerprint density at radius 3 is 2.25 bits per heavy atom. The molecule has 0 aliphatic rings. The minimum atomic E-state index is -0.550. The molecular formula is C8H7BrF2S. The number of thioether (sulfide) groups is 1. The summed E-state index contributed by atoms with van der Waals surface area (Å²) in [4.78, 5) is 0.621. The fourth-order valence-corrected chi connectivity index (χ4v) is 1.72. The largest absolute Gasteiger partial charge is 0.206 e. The van der Waals surface area contributed by atoms with E-state index in [2.05, 4.69) is 15.9 Å². The van der Waals surface area contributed by atoms with Gasteiger partial charge in [0.05, 0.1) is 4.47 Å². The Kier molecular flexibility index (Phi) is 3.53. The minimum absolute atomic E-state index is 0.0945. The van der Waals surface area contributed by atoms with E-state index in [1.54, 1.807) is 0 Å². The Morgan fingerprint density at radius 2 is 1.83 bits per heavy atom. The lowest BCUT2D eigenvalue weighted by molar-refractivity contribution is 0.566. The van der Waals surface area contributed by atoms with Crippen LogP contribution in [0.5, 0.6) is 0 Å². The Balaban J connectivity index is 3.04. The van der Waals surface area contributed by atoms with Crippen LogP contribution < -0.4 is 0 Å². The van der Waals surface area contributed by atoms with Crippen LogP contribution in [0.4, 0.5) is 8.78 Å². The molecule has 12 heavy (non-hydrogen) atoms. The van der Waals surface area contributed by atoms with Crippen molar-refractivity contribution in [2.45, 2.75) is 11.8 Å². The van der Waals surface area contributed by atoms with Crippen molar-refractivity contribution < 1.29 is 8.78 Å². The standard InChI is InChI=1S/C8H7BrF2S/c1-2-12-5-3-6(10)8(9)7(11)4-5/h3-4H,2H2,1H3. The number of rotatable bonds is 2. The lowest BCUT2D eigenvalue weighted by atomic mass is 10.3. The lowest BCUT2D eigenvalue weighted by Crippen LogP contribution is -1.85. The fourth-order valence-electron chi connectivity index (χ4n) is 0.782. The summed E-state index contributed by atoms with van der Waals surface area (Å²) in [6, 6.07) is 2.64. The Bertz CT molecular complexity index is 265. The maximum atomic E-state index is 12.9. The van der Waals surface area contributed by atoms with Crippen molar-refractivity contribution in [2.24, 2.45) is 0 Å². The van der Waals surface area contributed by atoms with Crippen LogP contribution in [0, 0.1) is 11.6 Å². The zero-order chi connectivity index (χ0) is 9.14. The molecule has 0 N–H and O–H groups in total. The molecule has 0 saturated carbocycles. The smallest absolute Gasteiger partial charge is 0.141 e. The predicted octanol–water partition coefficient (Wildman–Crippen LogP) is 3.84. The third kappa shape index (κ3) is 2.20. The van der Waals surface area contributed by atoms with Gasteiger partial charge in [0.1, 0.15) is 11.6 Å². The van der Waals surface area contributed by atoms with Crippen LogP contribution in [-0.4, -0.2) is 5.75 Å². The van der Waals surface area contributed by atoms with Gasteiger partial charge in [-0.2, -0.15) is 0 Å². The minimum Gasteiger partial charge on any atom is -0.206 e. The molecule has 0 radical (unpaired) electrons. The zero-order valence-corrected chi connectivity index (χ0v) is 8.81. The van der Waals surface area contributed by atoms with E-state index >= 15 is 0 Å². The molecule has 66 valence electrons. The first kappa shape index (κ1) is 9.99. The SMILES string of the molecule is CCSc1cc(F)c(Br)c(F)c1. The molecule has 0 aliphatic heterocycles. The average molecular weight is 253 g/mol. The highest BCUT2D eigenvalue weighted by Gasteiger charge is 2.07. The zero-order valence-electron chi connectivity index (χ0n) is 6.40. The van der Waals surface area contributed by atoms with Gasteiger partial charge in [-0.15, -0.1) is 11.8 Å². The topological polar surface area (TPSA) is 0 Å². The van der Waals surface area contributed by atoms with Crippen molar-refractivity contribution >= 4 is 27.7 Å². The normalized spacial score (nSPS) is 10.3. The fraction of sp³-hybridized carbons (Fsp3) is 0.250. The van der Waals surface area contributed by atoms with E-state index in [1.165, 1.54) is 23.9 Å². The molecule has 0 saturated heterocycles. The Labute approximate surface area is 82.5 Å². The molecule has 1 rings (SSSR count). The van der Waals surface area contributed by atoms with Crippen molar-refractivity contribution in [2.75, 3.05) is 5.75 Å². The van der Waals surface area contributed by atoms with Gasteiger partial charge in [-0.05, 0) is 33.8 Å². The Hall–Kier alpha value is -0.0900. The van der Waals surface area contributed by atoms with Crippen LogP contribution in [0.3, 0.4) is 0 Å². The van der Waals surface area contributed by atoms with E-state index in [0.717, 1.165) is 5.75 Å². The molecule has 1 aromatic carbocycles. The highest BCUT2D eigenvalue weighted by atomic mass is 79.9. The van der Waals surface area contributed by atoms with Gasteiger partial charge in [0.2, 0.25) is 0 Å². The summed E-state index contributed by atoms with van der Waals surface area (Å²) in [6.07, 6.45) is 0. The Morgan fingerprint density at radius 1 is 1.33 bits per heavy atom. The highest BCUT2D eigenvalue weighted by Crippen LogP contribution is 2.26. The molecule has 0 fully saturated rings. The van der Waals surface area contributed by atoms with Gasteiger partial charge in [-0.25, -0.2) is 8.78 Å². The van der Waals surface area contributed by atoms with E-state index in [9.17, 15) is 8.78 Å². The van der Waals surface area contributed by atoms with Crippen LogP contribution in [-0.2, 0) is 0 Å². The van der Waals surface area contributed by atoms with E-state index in [4.69, 9.17) is 0 Å². The molecule has 0 bridgehead atoms. The third-order valence-electron chi connectivity index (χ3n) is 1.27. The molecule has 0 atom stereocenters. The molecule has 0 aliphatic carbocycles. The van der Waals surface area contributed by atoms with Gasteiger partial charge in [-0.1, -0.05) is 6.92 Å². The maximum Gasteiger partial charge on any atom is 0.141 e. The van der Waals surface area contributed by atoms with Crippen LogP contribution in [0.2, 0.25) is 0 Å². The quantitative estimate of drug-likeness (QED) is 0.570. The summed E-state index contributed by atoms with van der Waals surface area (Å²) >= 11 is 4.22. The van der Waals surface area contributed by atoms with E-state index in [0.29, 0.717) is 4.90 Å². The van der Waals surface area contributed by atoms with Crippen molar-refractivity contribution in [3.05, 3.63) is 28.2 Å². The maximum absolute atomic E-state index is 12.9. The number of hydrogen-bond acceptors (Lipinski definition) is 1. The van der Waals surface area contributed by atoms with Gasteiger partial charge in [-0.3, -0.25) is 0 Å². The van der Waals surface area contributed by atoms with Crippen LogP contribution in [0.15, 0.2) is 21.5 Å². The molecule has 0 nitrogen and oxygen atoms in total. The number of benzene rings is 1. The summed E-state index contributed by atoms with van der Waals surface area (Å²) in [5, 5.41) is 0. The van der Waals surface area contributed by atoms with Crippen LogP contribution >= 0.6 is 27.7 Å². The van der Waals surface area contributed by atoms with Gasteiger partial charge >= 0.3 is 0 Å². The summed E-state index contributed by atoms with van der Waals surface area (Å²) in [5.41, 5.74) is 0. The van der Waals surface area contributed by atoms with Crippen molar-refractivity contribution in [1.29, 1.82) is 0 Å². The molecule has 0 aromatic heterocycles. The van der Waals surface area contributed by atoms with Crippen molar-refractivity contribution in [3.63, 3.8) is 0 Å². The molecule has 0 amide bonds. The van der Waals surface area contributed by atoms with Gasteiger partial charge < -0.3 is 0 Å². The number of halogens is 3. The summed E-state index contributed by atoms with van der Waals surface area (Å²) < 4.78 is 25.6. The van der Waals surface area contributed by atoms with Gasteiger partial charge in [0, 0.05) is 4.90 Å². The van der Waals surface area contributed by atoms with Gasteiger partial charge in [0.25, 0.3) is 0 Å². The second-order valence-electron chi connectivity index (χ2n) is 2.13. The average Bonchev–Trinajstić information content (AvgIpc) is 2.01.